The lowest BCUT2D eigenvalue weighted by molar-refractivity contribution is -0.218. The van der Waals surface area contributed by atoms with Crippen molar-refractivity contribution in [2.75, 3.05) is 13.4 Å². The summed E-state index contributed by atoms with van der Waals surface area (Å²) in [5.41, 5.74) is 0. The number of carbonyl (C=O) groups is 2. The molecular weight excluding hydrogens is 186 g/mol. The molecule has 1 aliphatic heterocycles. The van der Waals surface area contributed by atoms with E-state index in [4.69, 9.17) is 9.57 Å². The second-order valence-corrected chi connectivity index (χ2v) is 3.59. The van der Waals surface area contributed by atoms with E-state index in [2.05, 4.69) is 0 Å². The minimum atomic E-state index is -0.289. The van der Waals surface area contributed by atoms with E-state index >= 15 is 0 Å². The van der Waals surface area contributed by atoms with Crippen LogP contribution in [-0.2, 0) is 19.2 Å². The molecule has 0 aliphatic carbocycles. The molecular formula is C9H15NO4. The number of rotatable bonds is 5. The molecule has 5 heteroatoms. The van der Waals surface area contributed by atoms with Crippen LogP contribution in [0, 0.1) is 5.92 Å². The van der Waals surface area contributed by atoms with Gasteiger partial charge in [-0.25, -0.2) is 4.84 Å². The van der Waals surface area contributed by atoms with Gasteiger partial charge in [0.25, 0.3) is 11.8 Å². The molecule has 2 amide bonds. The van der Waals surface area contributed by atoms with Gasteiger partial charge in [0.05, 0.1) is 6.61 Å². The summed E-state index contributed by atoms with van der Waals surface area (Å²) in [7, 11) is 0. The SMILES string of the molecule is CC(C)COCON1C(=O)CCC1=O. The van der Waals surface area contributed by atoms with Gasteiger partial charge in [-0.05, 0) is 5.92 Å². The first-order valence-electron chi connectivity index (χ1n) is 4.67. The van der Waals surface area contributed by atoms with Gasteiger partial charge in [0.15, 0.2) is 6.79 Å². The zero-order chi connectivity index (χ0) is 10.6. The van der Waals surface area contributed by atoms with Crippen LogP contribution in [0.15, 0.2) is 0 Å². The number of ether oxygens (including phenoxy) is 1. The monoisotopic (exact) mass is 201 g/mol. The minimum Gasteiger partial charge on any atom is -0.353 e. The van der Waals surface area contributed by atoms with Crippen LogP contribution in [0.2, 0.25) is 0 Å². The number of imide groups is 1. The highest BCUT2D eigenvalue weighted by Gasteiger charge is 2.30. The molecule has 80 valence electrons. The Kier molecular flexibility index (Phi) is 4.03. The Hall–Kier alpha value is -0.940. The molecule has 14 heavy (non-hydrogen) atoms. The number of hydrogen-bond acceptors (Lipinski definition) is 4. The first kappa shape index (κ1) is 11.1. The molecule has 0 N–H and O–H groups in total. The highest BCUT2D eigenvalue weighted by molar-refractivity contribution is 6.00. The molecule has 0 aromatic rings. The zero-order valence-corrected chi connectivity index (χ0v) is 8.49. The topological polar surface area (TPSA) is 55.8 Å². The summed E-state index contributed by atoms with van der Waals surface area (Å²) in [6, 6.07) is 0. The van der Waals surface area contributed by atoms with Gasteiger partial charge < -0.3 is 4.74 Å². The van der Waals surface area contributed by atoms with Crippen molar-refractivity contribution in [1.82, 2.24) is 5.06 Å². The number of amides is 2. The lowest BCUT2D eigenvalue weighted by Gasteiger charge is -2.13. The van der Waals surface area contributed by atoms with Crippen molar-refractivity contribution in [2.24, 2.45) is 5.92 Å². The Bertz CT molecular complexity index is 211. The van der Waals surface area contributed by atoms with E-state index in [-0.39, 0.29) is 31.4 Å². The van der Waals surface area contributed by atoms with Gasteiger partial charge in [-0.2, -0.15) is 5.06 Å². The van der Waals surface area contributed by atoms with Crippen LogP contribution >= 0.6 is 0 Å². The van der Waals surface area contributed by atoms with Crippen molar-refractivity contribution in [1.29, 1.82) is 0 Å². The van der Waals surface area contributed by atoms with Gasteiger partial charge in [0, 0.05) is 12.8 Å². The smallest absolute Gasteiger partial charge is 0.254 e. The summed E-state index contributed by atoms with van der Waals surface area (Å²) in [5, 5.41) is 0.792. The number of carbonyl (C=O) groups excluding carboxylic acids is 2. The van der Waals surface area contributed by atoms with Gasteiger partial charge in [-0.15, -0.1) is 0 Å². The molecule has 0 radical (unpaired) electrons. The molecule has 5 nitrogen and oxygen atoms in total. The molecule has 0 unspecified atom stereocenters. The predicted octanol–water partition coefficient (Wildman–Crippen LogP) is 0.697. The molecule has 1 fully saturated rings. The molecule has 0 aromatic carbocycles. The van der Waals surface area contributed by atoms with E-state index in [1.54, 1.807) is 0 Å². The average molecular weight is 201 g/mol. The van der Waals surface area contributed by atoms with Crippen molar-refractivity contribution in [3.05, 3.63) is 0 Å². The van der Waals surface area contributed by atoms with E-state index in [0.29, 0.717) is 12.5 Å². The van der Waals surface area contributed by atoms with Gasteiger partial charge in [0.1, 0.15) is 0 Å². The summed E-state index contributed by atoms with van der Waals surface area (Å²) in [5.74, 6) is -0.171. The van der Waals surface area contributed by atoms with Gasteiger partial charge in [-0.3, -0.25) is 9.59 Å². The van der Waals surface area contributed by atoms with Crippen LogP contribution in [0.1, 0.15) is 26.7 Å². The van der Waals surface area contributed by atoms with E-state index in [1.807, 2.05) is 13.8 Å². The second-order valence-electron chi connectivity index (χ2n) is 3.59. The Balaban J connectivity index is 2.17. The molecule has 0 bridgehead atoms. The third-order valence-electron chi connectivity index (χ3n) is 1.72. The molecule has 0 atom stereocenters. The number of hydroxylamine groups is 2. The van der Waals surface area contributed by atoms with Crippen LogP contribution in [0.3, 0.4) is 0 Å². The quantitative estimate of drug-likeness (QED) is 0.373. The standard InChI is InChI=1S/C9H15NO4/c1-7(2)5-13-6-14-10-8(11)3-4-9(10)12/h7H,3-6H2,1-2H3. The van der Waals surface area contributed by atoms with Gasteiger partial charge >= 0.3 is 0 Å². The minimum absolute atomic E-state index is 0.0460. The van der Waals surface area contributed by atoms with E-state index < -0.39 is 0 Å². The highest BCUT2D eigenvalue weighted by Crippen LogP contribution is 2.11. The summed E-state index contributed by atoms with van der Waals surface area (Å²) < 4.78 is 5.09. The Morgan fingerprint density at radius 1 is 1.29 bits per heavy atom. The predicted molar refractivity (Wildman–Crippen MR) is 47.8 cm³/mol. The van der Waals surface area contributed by atoms with Gasteiger partial charge in [-0.1, -0.05) is 13.8 Å². The van der Waals surface area contributed by atoms with Crippen molar-refractivity contribution < 1.29 is 19.2 Å². The van der Waals surface area contributed by atoms with Crippen LogP contribution in [0.4, 0.5) is 0 Å². The summed E-state index contributed by atoms with van der Waals surface area (Å²) >= 11 is 0. The summed E-state index contributed by atoms with van der Waals surface area (Å²) in [6.45, 7) is 4.52. The molecule has 1 rings (SSSR count). The highest BCUT2D eigenvalue weighted by atomic mass is 16.8. The van der Waals surface area contributed by atoms with E-state index in [1.165, 1.54) is 0 Å². The third kappa shape index (κ3) is 3.08. The fourth-order valence-electron chi connectivity index (χ4n) is 1.07. The fourth-order valence-corrected chi connectivity index (χ4v) is 1.07. The Morgan fingerprint density at radius 3 is 2.36 bits per heavy atom. The second kappa shape index (κ2) is 5.07. The van der Waals surface area contributed by atoms with Crippen molar-refractivity contribution in [3.63, 3.8) is 0 Å². The summed E-state index contributed by atoms with van der Waals surface area (Å²) in [6.07, 6.45) is 0.478. The van der Waals surface area contributed by atoms with Crippen LogP contribution in [0.5, 0.6) is 0 Å². The molecule has 1 aliphatic rings. The number of nitrogens with zero attached hydrogens (tertiary/aromatic N) is 1. The Labute approximate surface area is 82.9 Å². The first-order chi connectivity index (χ1) is 6.61. The largest absolute Gasteiger partial charge is 0.353 e. The lowest BCUT2D eigenvalue weighted by Crippen LogP contribution is -2.30. The zero-order valence-electron chi connectivity index (χ0n) is 8.49. The van der Waals surface area contributed by atoms with E-state index in [0.717, 1.165) is 5.06 Å². The summed E-state index contributed by atoms with van der Waals surface area (Å²) in [4.78, 5) is 27.0. The molecule has 1 saturated heterocycles. The van der Waals surface area contributed by atoms with E-state index in [9.17, 15) is 9.59 Å². The molecule has 0 saturated carbocycles. The first-order valence-corrected chi connectivity index (χ1v) is 4.67. The third-order valence-corrected chi connectivity index (χ3v) is 1.72. The average Bonchev–Trinajstić information content (AvgIpc) is 2.42. The van der Waals surface area contributed by atoms with Crippen LogP contribution in [0.25, 0.3) is 0 Å². The van der Waals surface area contributed by atoms with Crippen molar-refractivity contribution in [2.45, 2.75) is 26.7 Å². The number of hydrogen-bond donors (Lipinski definition) is 0. The Morgan fingerprint density at radius 2 is 1.86 bits per heavy atom. The molecule has 1 heterocycles. The molecule has 0 aromatic heterocycles. The maximum absolute atomic E-state index is 11.0. The van der Waals surface area contributed by atoms with Crippen LogP contribution < -0.4 is 0 Å². The lowest BCUT2D eigenvalue weighted by atomic mass is 10.2. The normalized spacial score (nSPS) is 17.2. The van der Waals surface area contributed by atoms with Crippen LogP contribution in [-0.4, -0.2) is 30.3 Å². The molecule has 0 spiro atoms. The maximum atomic E-state index is 11.0. The fraction of sp³-hybridized carbons (Fsp3) is 0.778. The van der Waals surface area contributed by atoms with Crippen molar-refractivity contribution in [3.8, 4) is 0 Å². The maximum Gasteiger partial charge on any atom is 0.254 e. The van der Waals surface area contributed by atoms with Crippen molar-refractivity contribution >= 4 is 11.8 Å². The van der Waals surface area contributed by atoms with Gasteiger partial charge in [0.2, 0.25) is 0 Å².